The van der Waals surface area contributed by atoms with Gasteiger partial charge in [0.1, 0.15) is 12.4 Å². The lowest BCUT2D eigenvalue weighted by Gasteiger charge is -2.29. The molecule has 6 nitrogen and oxygen atoms in total. The fraction of sp³-hybridized carbons (Fsp3) is 0.348. The maximum Gasteiger partial charge on any atom is 0.190 e. The Morgan fingerprint density at radius 2 is 2.00 bits per heavy atom. The molecule has 0 N–H and O–H groups in total. The van der Waals surface area contributed by atoms with Crippen LogP contribution in [0.15, 0.2) is 36.5 Å². The summed E-state index contributed by atoms with van der Waals surface area (Å²) in [6, 6.07) is 9.70. The van der Waals surface area contributed by atoms with Crippen molar-refractivity contribution in [3.05, 3.63) is 58.0 Å². The number of aromatic nitrogens is 2. The SMILES string of the molecule is Cc1ccc(-c2ccc3c(c2)N(c2nc4c(s2)C(=O)CC(C)(C)C4)CCO3)c[n+]1[O-]. The van der Waals surface area contributed by atoms with E-state index in [0.29, 0.717) is 25.3 Å². The number of hydrogen-bond acceptors (Lipinski definition) is 6. The average molecular weight is 422 g/mol. The number of ether oxygens (including phenoxy) is 1. The number of carbonyl (C=O) groups excluding carboxylic acids is 1. The van der Waals surface area contributed by atoms with Crippen molar-refractivity contribution in [3.63, 3.8) is 0 Å². The summed E-state index contributed by atoms with van der Waals surface area (Å²) >= 11 is 1.48. The smallest absolute Gasteiger partial charge is 0.190 e. The van der Waals surface area contributed by atoms with E-state index in [1.165, 1.54) is 11.3 Å². The van der Waals surface area contributed by atoms with E-state index in [0.717, 1.165) is 49.4 Å². The van der Waals surface area contributed by atoms with Gasteiger partial charge in [-0.3, -0.25) is 4.79 Å². The predicted octanol–water partition coefficient (Wildman–Crippen LogP) is 4.44. The zero-order chi connectivity index (χ0) is 21.0. The lowest BCUT2D eigenvalue weighted by atomic mass is 9.78. The third kappa shape index (κ3) is 3.23. The Balaban J connectivity index is 1.56. The Labute approximate surface area is 179 Å². The maximum atomic E-state index is 12.6. The second-order valence-corrected chi connectivity index (χ2v) is 9.76. The number of Topliss-reactive ketones (excluding diaryl/α,β-unsaturated/α-hetero) is 1. The van der Waals surface area contributed by atoms with Crippen LogP contribution in [0.2, 0.25) is 0 Å². The standard InChI is InChI=1S/C23H23N3O3S/c1-14-4-5-16(13-26(14)28)15-6-7-20-18(10-15)25(8-9-29-20)22-24-17-11-23(2,3)12-19(27)21(17)30-22/h4-7,10,13H,8-9,11-12H2,1-3H3. The van der Waals surface area contributed by atoms with E-state index in [2.05, 4.69) is 18.7 Å². The molecule has 1 aliphatic heterocycles. The van der Waals surface area contributed by atoms with E-state index >= 15 is 0 Å². The second kappa shape index (κ2) is 6.80. The van der Waals surface area contributed by atoms with Gasteiger partial charge in [-0.15, -0.1) is 0 Å². The summed E-state index contributed by atoms with van der Waals surface area (Å²) in [5.41, 5.74) is 4.21. The van der Waals surface area contributed by atoms with E-state index in [9.17, 15) is 10.0 Å². The van der Waals surface area contributed by atoms with Crippen LogP contribution in [0.25, 0.3) is 11.1 Å². The minimum atomic E-state index is -0.0509. The summed E-state index contributed by atoms with van der Waals surface area (Å²) in [7, 11) is 0. The molecule has 1 aliphatic carbocycles. The largest absolute Gasteiger partial charge is 0.618 e. The van der Waals surface area contributed by atoms with E-state index < -0.39 is 0 Å². The highest BCUT2D eigenvalue weighted by molar-refractivity contribution is 7.17. The molecule has 0 spiro atoms. The van der Waals surface area contributed by atoms with Crippen molar-refractivity contribution in [1.82, 2.24) is 4.98 Å². The summed E-state index contributed by atoms with van der Waals surface area (Å²) in [6.45, 7) is 7.24. The molecule has 1 aromatic carbocycles. The van der Waals surface area contributed by atoms with Gasteiger partial charge in [-0.25, -0.2) is 4.98 Å². The molecule has 0 amide bonds. The topological polar surface area (TPSA) is 69.4 Å². The number of aryl methyl sites for hydroxylation is 1. The van der Waals surface area contributed by atoms with E-state index in [4.69, 9.17) is 9.72 Å². The molecule has 3 heterocycles. The van der Waals surface area contributed by atoms with Crippen molar-refractivity contribution in [3.8, 4) is 16.9 Å². The van der Waals surface area contributed by atoms with Gasteiger partial charge in [0.2, 0.25) is 0 Å². The molecule has 2 aromatic heterocycles. The van der Waals surface area contributed by atoms with Gasteiger partial charge in [-0.1, -0.05) is 31.3 Å². The Bertz CT molecular complexity index is 1170. The summed E-state index contributed by atoms with van der Waals surface area (Å²) in [5, 5.41) is 12.9. The molecule has 154 valence electrons. The van der Waals surface area contributed by atoms with Crippen LogP contribution in [0, 0.1) is 17.5 Å². The normalized spacial score (nSPS) is 17.3. The van der Waals surface area contributed by atoms with Gasteiger partial charge in [-0.2, -0.15) is 4.73 Å². The van der Waals surface area contributed by atoms with Crippen LogP contribution >= 0.6 is 11.3 Å². The first kappa shape index (κ1) is 19.1. The number of pyridine rings is 1. The number of ketones is 1. The Kier molecular flexibility index (Phi) is 4.32. The lowest BCUT2D eigenvalue weighted by molar-refractivity contribution is -0.611. The van der Waals surface area contributed by atoms with Gasteiger partial charge >= 0.3 is 0 Å². The van der Waals surface area contributed by atoms with Crippen molar-refractivity contribution < 1.29 is 14.3 Å². The zero-order valence-corrected chi connectivity index (χ0v) is 18.1. The number of thiazole rings is 1. The van der Waals surface area contributed by atoms with Crippen LogP contribution in [0.1, 0.15) is 41.3 Å². The molecule has 5 rings (SSSR count). The maximum absolute atomic E-state index is 12.6. The average Bonchev–Trinajstić information content (AvgIpc) is 3.12. The molecular formula is C23H23N3O3S. The number of fused-ring (bicyclic) bond motifs is 2. The summed E-state index contributed by atoms with van der Waals surface area (Å²) in [5.74, 6) is 0.971. The molecule has 2 aliphatic rings. The molecule has 0 unspecified atom stereocenters. The first-order chi connectivity index (χ1) is 14.3. The molecule has 3 aromatic rings. The van der Waals surface area contributed by atoms with Crippen LogP contribution in [0.5, 0.6) is 5.75 Å². The molecule has 0 saturated heterocycles. The Morgan fingerprint density at radius 1 is 1.20 bits per heavy atom. The Morgan fingerprint density at radius 3 is 2.80 bits per heavy atom. The second-order valence-electron chi connectivity index (χ2n) is 8.78. The molecule has 0 atom stereocenters. The van der Waals surface area contributed by atoms with Crippen LogP contribution < -0.4 is 14.4 Å². The number of rotatable bonds is 2. The van der Waals surface area contributed by atoms with E-state index in [-0.39, 0.29) is 11.2 Å². The van der Waals surface area contributed by atoms with Crippen molar-refractivity contribution in [2.45, 2.75) is 33.6 Å². The van der Waals surface area contributed by atoms with Crippen LogP contribution in [0.3, 0.4) is 0 Å². The molecule has 0 radical (unpaired) electrons. The van der Waals surface area contributed by atoms with Crippen LogP contribution in [0.4, 0.5) is 10.8 Å². The highest BCUT2D eigenvalue weighted by Gasteiger charge is 2.35. The first-order valence-corrected chi connectivity index (χ1v) is 10.9. The van der Waals surface area contributed by atoms with E-state index in [1.807, 2.05) is 30.3 Å². The number of nitrogens with zero attached hydrogens (tertiary/aromatic N) is 3. The minimum absolute atomic E-state index is 0.0509. The lowest BCUT2D eigenvalue weighted by Crippen LogP contribution is -2.29. The molecule has 0 fully saturated rings. The fourth-order valence-corrected chi connectivity index (χ4v) is 5.20. The quantitative estimate of drug-likeness (QED) is 0.452. The Hall–Kier alpha value is -2.93. The number of anilines is 2. The predicted molar refractivity (Wildman–Crippen MR) is 117 cm³/mol. The first-order valence-electron chi connectivity index (χ1n) is 10.1. The number of hydrogen-bond donors (Lipinski definition) is 0. The van der Waals surface area contributed by atoms with Gasteiger partial charge in [0.15, 0.2) is 22.8 Å². The van der Waals surface area contributed by atoms with Gasteiger partial charge in [0.25, 0.3) is 0 Å². The highest BCUT2D eigenvalue weighted by Crippen LogP contribution is 2.44. The van der Waals surface area contributed by atoms with E-state index in [1.54, 1.807) is 13.1 Å². The molecular weight excluding hydrogens is 398 g/mol. The zero-order valence-electron chi connectivity index (χ0n) is 17.3. The van der Waals surface area contributed by atoms with Gasteiger partial charge < -0.3 is 14.8 Å². The monoisotopic (exact) mass is 421 g/mol. The van der Waals surface area contributed by atoms with Gasteiger partial charge in [-0.05, 0) is 35.6 Å². The number of benzene rings is 1. The van der Waals surface area contributed by atoms with Crippen molar-refractivity contribution in [2.75, 3.05) is 18.1 Å². The highest BCUT2D eigenvalue weighted by atomic mass is 32.1. The third-order valence-corrected chi connectivity index (χ3v) is 6.88. The minimum Gasteiger partial charge on any atom is -0.618 e. The van der Waals surface area contributed by atoms with Crippen molar-refractivity contribution in [2.24, 2.45) is 5.41 Å². The number of carbonyl (C=O) groups is 1. The van der Waals surface area contributed by atoms with Crippen LogP contribution in [-0.4, -0.2) is 23.9 Å². The summed E-state index contributed by atoms with van der Waals surface area (Å²) in [6.07, 6.45) is 2.97. The fourth-order valence-electron chi connectivity index (χ4n) is 4.14. The molecule has 0 bridgehead atoms. The molecule has 0 saturated carbocycles. The summed E-state index contributed by atoms with van der Waals surface area (Å²) in [4.78, 5) is 20.4. The van der Waals surface area contributed by atoms with Gasteiger partial charge in [0, 0.05) is 25.0 Å². The van der Waals surface area contributed by atoms with Crippen LogP contribution in [-0.2, 0) is 6.42 Å². The van der Waals surface area contributed by atoms with Gasteiger partial charge in [0.05, 0.1) is 22.8 Å². The van der Waals surface area contributed by atoms with Crippen molar-refractivity contribution >= 4 is 27.9 Å². The van der Waals surface area contributed by atoms with Crippen molar-refractivity contribution in [1.29, 1.82) is 0 Å². The summed E-state index contributed by atoms with van der Waals surface area (Å²) < 4.78 is 6.75. The molecule has 7 heteroatoms. The third-order valence-electron chi connectivity index (χ3n) is 5.72. The molecule has 30 heavy (non-hydrogen) atoms.